The topological polar surface area (TPSA) is 107 Å². The van der Waals surface area contributed by atoms with Gasteiger partial charge >= 0.3 is 18.0 Å². The minimum Gasteiger partial charge on any atom is -0.476 e. The van der Waals surface area contributed by atoms with E-state index in [0.717, 1.165) is 7.11 Å². The summed E-state index contributed by atoms with van der Waals surface area (Å²) < 4.78 is 3.87. The van der Waals surface area contributed by atoms with Crippen LogP contribution in [0, 0.1) is 10.1 Å². The van der Waals surface area contributed by atoms with E-state index in [1.165, 1.54) is 0 Å². The van der Waals surface area contributed by atoms with Gasteiger partial charge in [-0.15, -0.1) is 0 Å². The summed E-state index contributed by atoms with van der Waals surface area (Å²) >= 11 is 0. The van der Waals surface area contributed by atoms with Crippen LogP contribution in [0.5, 0.6) is 0 Å². The van der Waals surface area contributed by atoms with E-state index in [2.05, 4.69) is 4.74 Å². The lowest BCUT2D eigenvalue weighted by Gasteiger charge is -2.00. The number of nitrogens with zero attached hydrogens (tertiary/aromatic N) is 1. The van der Waals surface area contributed by atoms with E-state index in [4.69, 9.17) is 5.11 Å². The summed E-state index contributed by atoms with van der Waals surface area (Å²) in [4.78, 5) is 29.0. The van der Waals surface area contributed by atoms with Crippen LogP contribution in [0.1, 0.15) is 0 Å². The number of carbonyl (C=O) groups excluding carboxylic acids is 1. The van der Waals surface area contributed by atoms with Crippen molar-refractivity contribution in [3.63, 3.8) is 0 Å². The van der Waals surface area contributed by atoms with Gasteiger partial charge in [0, 0.05) is 4.92 Å². The van der Waals surface area contributed by atoms with E-state index in [0.29, 0.717) is 0 Å². The Morgan fingerprint density at radius 2 is 2.09 bits per heavy atom. The first-order valence-corrected chi connectivity index (χ1v) is 2.44. The first-order chi connectivity index (χ1) is 5.00. The highest BCUT2D eigenvalue weighted by Gasteiger charge is 2.39. The molecule has 0 radical (unpaired) electrons. The maximum absolute atomic E-state index is 10.4. The van der Waals surface area contributed by atoms with Gasteiger partial charge < -0.3 is 9.84 Å². The molecule has 0 aromatic rings. The molecule has 0 aromatic carbocycles. The third kappa shape index (κ3) is 2.20. The van der Waals surface area contributed by atoms with Gasteiger partial charge in [-0.05, 0) is 0 Å². The lowest BCUT2D eigenvalue weighted by Crippen LogP contribution is -2.38. The zero-order chi connectivity index (χ0) is 9.02. The molecule has 1 atom stereocenters. The molecular weight excluding hydrogens is 158 g/mol. The second-order valence-corrected chi connectivity index (χ2v) is 1.55. The predicted molar refractivity (Wildman–Crippen MR) is 30.4 cm³/mol. The standard InChI is InChI=1S/C4H5NO6/c1-11-4(8)2(3(6)7)5(9)10/h2H,1H3,(H,6,7). The van der Waals surface area contributed by atoms with E-state index in [-0.39, 0.29) is 0 Å². The Hall–Kier alpha value is -1.66. The molecule has 0 aliphatic carbocycles. The van der Waals surface area contributed by atoms with Crippen LogP contribution in [-0.2, 0) is 14.3 Å². The van der Waals surface area contributed by atoms with E-state index in [9.17, 15) is 19.7 Å². The molecule has 0 saturated heterocycles. The molecule has 0 bridgehead atoms. The quantitative estimate of drug-likeness (QED) is 0.244. The van der Waals surface area contributed by atoms with Crippen molar-refractivity contribution in [2.45, 2.75) is 6.04 Å². The number of ether oxygens (including phenoxy) is 1. The number of methoxy groups -OCH3 is 1. The highest BCUT2D eigenvalue weighted by atomic mass is 16.6. The minimum atomic E-state index is -2.32. The van der Waals surface area contributed by atoms with Crippen LogP contribution < -0.4 is 0 Å². The molecule has 7 nitrogen and oxygen atoms in total. The lowest BCUT2D eigenvalue weighted by molar-refractivity contribution is -0.498. The van der Waals surface area contributed by atoms with E-state index < -0.39 is 22.9 Å². The molecule has 0 rings (SSSR count). The third-order valence-electron chi connectivity index (χ3n) is 0.869. The Balaban J connectivity index is 4.47. The van der Waals surface area contributed by atoms with Crippen LogP contribution in [0.15, 0.2) is 0 Å². The summed E-state index contributed by atoms with van der Waals surface area (Å²) in [5, 5.41) is 18.0. The number of hydrogen-bond acceptors (Lipinski definition) is 5. The summed E-state index contributed by atoms with van der Waals surface area (Å²) in [6.07, 6.45) is 0. The maximum atomic E-state index is 10.4. The van der Waals surface area contributed by atoms with Crippen LogP contribution in [0.2, 0.25) is 0 Å². The predicted octanol–water partition coefficient (Wildman–Crippen LogP) is -1.11. The largest absolute Gasteiger partial charge is 0.476 e. The van der Waals surface area contributed by atoms with Crippen molar-refractivity contribution in [2.24, 2.45) is 0 Å². The Morgan fingerprint density at radius 3 is 2.18 bits per heavy atom. The average molecular weight is 163 g/mol. The second-order valence-electron chi connectivity index (χ2n) is 1.55. The Morgan fingerprint density at radius 1 is 1.64 bits per heavy atom. The Labute approximate surface area is 60.7 Å². The molecule has 0 heterocycles. The van der Waals surface area contributed by atoms with Crippen LogP contribution in [0.3, 0.4) is 0 Å². The van der Waals surface area contributed by atoms with Gasteiger partial charge in [0.1, 0.15) is 0 Å². The van der Waals surface area contributed by atoms with Crippen molar-refractivity contribution in [1.82, 2.24) is 0 Å². The molecular formula is C4H5NO6. The Kier molecular flexibility index (Phi) is 2.97. The van der Waals surface area contributed by atoms with Gasteiger partial charge in [0.2, 0.25) is 0 Å². The summed E-state index contributed by atoms with van der Waals surface area (Å²) in [5.41, 5.74) is 0. The van der Waals surface area contributed by atoms with Crippen molar-refractivity contribution in [1.29, 1.82) is 0 Å². The van der Waals surface area contributed by atoms with Crippen molar-refractivity contribution in [2.75, 3.05) is 7.11 Å². The van der Waals surface area contributed by atoms with E-state index in [1.807, 2.05) is 0 Å². The van der Waals surface area contributed by atoms with E-state index >= 15 is 0 Å². The van der Waals surface area contributed by atoms with Crippen LogP contribution in [0.25, 0.3) is 0 Å². The molecule has 0 aromatic heterocycles. The molecule has 0 amide bonds. The zero-order valence-electron chi connectivity index (χ0n) is 5.51. The highest BCUT2D eigenvalue weighted by molar-refractivity contribution is 5.96. The number of esters is 1. The molecule has 0 saturated carbocycles. The fraction of sp³-hybridized carbons (Fsp3) is 0.500. The second kappa shape index (κ2) is 3.49. The number of aliphatic carboxylic acids is 1. The van der Waals surface area contributed by atoms with Gasteiger partial charge in [0.25, 0.3) is 0 Å². The minimum absolute atomic E-state index is 0.877. The van der Waals surface area contributed by atoms with Gasteiger partial charge in [-0.2, -0.15) is 0 Å². The SMILES string of the molecule is COC(=O)C(C(=O)O)[N+](=O)[O-]. The number of hydrogen-bond donors (Lipinski definition) is 1. The molecule has 1 N–H and O–H groups in total. The molecule has 11 heavy (non-hydrogen) atoms. The number of carboxylic acids is 1. The molecule has 1 unspecified atom stereocenters. The molecule has 0 spiro atoms. The van der Waals surface area contributed by atoms with E-state index in [1.54, 1.807) is 0 Å². The highest BCUT2D eigenvalue weighted by Crippen LogP contribution is 1.92. The number of nitro groups is 1. The van der Waals surface area contributed by atoms with Gasteiger partial charge in [-0.1, -0.05) is 0 Å². The molecule has 62 valence electrons. The van der Waals surface area contributed by atoms with Gasteiger partial charge in [0.15, 0.2) is 0 Å². The smallest absolute Gasteiger partial charge is 0.401 e. The average Bonchev–Trinajstić information content (AvgIpc) is 1.85. The first kappa shape index (κ1) is 9.34. The number of carboxylic acid groups (broad SMARTS) is 1. The normalized spacial score (nSPS) is 11.7. The monoisotopic (exact) mass is 163 g/mol. The first-order valence-electron chi connectivity index (χ1n) is 2.44. The van der Waals surface area contributed by atoms with Gasteiger partial charge in [-0.3, -0.25) is 10.1 Å². The zero-order valence-corrected chi connectivity index (χ0v) is 5.51. The molecule has 0 aliphatic heterocycles. The van der Waals surface area contributed by atoms with Gasteiger partial charge in [-0.25, -0.2) is 9.59 Å². The fourth-order valence-corrected chi connectivity index (χ4v) is 0.389. The van der Waals surface area contributed by atoms with Crippen molar-refractivity contribution >= 4 is 11.9 Å². The molecule has 7 heteroatoms. The fourth-order valence-electron chi connectivity index (χ4n) is 0.389. The summed E-state index contributed by atoms with van der Waals surface area (Å²) in [6.45, 7) is 0. The van der Waals surface area contributed by atoms with Crippen molar-refractivity contribution < 1.29 is 24.4 Å². The van der Waals surface area contributed by atoms with Crippen molar-refractivity contribution in [3.8, 4) is 0 Å². The summed E-state index contributed by atoms with van der Waals surface area (Å²) in [6, 6.07) is -2.32. The van der Waals surface area contributed by atoms with Gasteiger partial charge in [0.05, 0.1) is 7.11 Å². The molecule has 0 fully saturated rings. The summed E-state index contributed by atoms with van der Waals surface area (Å²) in [7, 11) is 0.877. The van der Waals surface area contributed by atoms with Crippen LogP contribution in [-0.4, -0.2) is 35.1 Å². The summed E-state index contributed by atoms with van der Waals surface area (Å²) in [5.74, 6) is -3.22. The third-order valence-corrected chi connectivity index (χ3v) is 0.869. The Bertz CT molecular complexity index is 185. The lowest BCUT2D eigenvalue weighted by atomic mass is 10.3. The number of carbonyl (C=O) groups is 2. The van der Waals surface area contributed by atoms with Crippen LogP contribution in [0.4, 0.5) is 0 Å². The number of rotatable bonds is 3. The van der Waals surface area contributed by atoms with Crippen molar-refractivity contribution in [3.05, 3.63) is 10.1 Å². The maximum Gasteiger partial charge on any atom is 0.401 e. The van der Waals surface area contributed by atoms with Crippen LogP contribution >= 0.6 is 0 Å². The molecule has 0 aliphatic rings.